The number of carbonyl (C=O) groups is 1. The summed E-state index contributed by atoms with van der Waals surface area (Å²) in [5.74, 6) is -0.752. The summed E-state index contributed by atoms with van der Waals surface area (Å²) in [6.45, 7) is 8.90. The number of hydrogen-bond acceptors (Lipinski definition) is 1. The van der Waals surface area contributed by atoms with Gasteiger partial charge >= 0.3 is 5.97 Å². The third-order valence-corrected chi connectivity index (χ3v) is 3.62. The zero-order valence-corrected chi connectivity index (χ0v) is 11.4. The molecule has 1 aromatic carbocycles. The first-order valence-corrected chi connectivity index (χ1v) is 6.20. The topological polar surface area (TPSA) is 42.2 Å². The molecule has 0 aliphatic rings. The van der Waals surface area contributed by atoms with Crippen molar-refractivity contribution in [2.45, 2.75) is 40.7 Å². The van der Waals surface area contributed by atoms with E-state index in [1.807, 2.05) is 0 Å². The molecule has 3 nitrogen and oxygen atoms in total. The molecule has 0 aliphatic heterocycles. The number of hydrogen-bond donors (Lipinski definition) is 1. The number of aromatic nitrogens is 1. The van der Waals surface area contributed by atoms with Crippen LogP contribution in [-0.2, 0) is 11.3 Å². The van der Waals surface area contributed by atoms with E-state index in [0.29, 0.717) is 6.54 Å². The lowest BCUT2D eigenvalue weighted by Gasteiger charge is -2.07. The molecule has 0 bridgehead atoms. The highest BCUT2D eigenvalue weighted by Gasteiger charge is 2.13. The van der Waals surface area contributed by atoms with Gasteiger partial charge in [0, 0.05) is 23.1 Å². The SMILES string of the molecule is Cc1cc(C)c2c(C)c(C)n(CCC(=O)O)c2c1. The van der Waals surface area contributed by atoms with Crippen LogP contribution in [0.4, 0.5) is 0 Å². The molecule has 18 heavy (non-hydrogen) atoms. The van der Waals surface area contributed by atoms with Gasteiger partial charge < -0.3 is 9.67 Å². The minimum Gasteiger partial charge on any atom is -0.481 e. The Morgan fingerprint density at radius 1 is 1.22 bits per heavy atom. The molecule has 0 spiro atoms. The number of carboxylic acid groups (broad SMARTS) is 1. The van der Waals surface area contributed by atoms with Crippen LogP contribution in [0, 0.1) is 27.7 Å². The van der Waals surface area contributed by atoms with Crippen molar-refractivity contribution in [3.05, 3.63) is 34.5 Å². The van der Waals surface area contributed by atoms with Crippen LogP contribution in [0.25, 0.3) is 10.9 Å². The molecule has 0 radical (unpaired) electrons. The van der Waals surface area contributed by atoms with Crippen molar-refractivity contribution in [3.63, 3.8) is 0 Å². The standard InChI is InChI=1S/C15H19NO2/c1-9-7-10(2)15-11(3)12(4)16(13(15)8-9)6-5-14(17)18/h7-8H,5-6H2,1-4H3,(H,17,18). The molecule has 2 rings (SSSR count). The maximum atomic E-state index is 10.7. The van der Waals surface area contributed by atoms with E-state index >= 15 is 0 Å². The van der Waals surface area contributed by atoms with E-state index < -0.39 is 5.97 Å². The van der Waals surface area contributed by atoms with Gasteiger partial charge in [-0.05, 0) is 50.5 Å². The summed E-state index contributed by atoms with van der Waals surface area (Å²) in [5, 5.41) is 10.1. The van der Waals surface area contributed by atoms with Gasteiger partial charge in [0.25, 0.3) is 0 Å². The molecule has 1 heterocycles. The van der Waals surface area contributed by atoms with Crippen LogP contribution in [0.1, 0.15) is 28.8 Å². The Kier molecular flexibility index (Phi) is 3.16. The van der Waals surface area contributed by atoms with Crippen molar-refractivity contribution in [1.29, 1.82) is 0 Å². The number of carboxylic acids is 1. The van der Waals surface area contributed by atoms with E-state index in [1.165, 1.54) is 27.8 Å². The van der Waals surface area contributed by atoms with Gasteiger partial charge in [-0.15, -0.1) is 0 Å². The fourth-order valence-corrected chi connectivity index (χ4v) is 2.71. The van der Waals surface area contributed by atoms with Crippen molar-refractivity contribution >= 4 is 16.9 Å². The molecule has 0 aliphatic carbocycles. The summed E-state index contributed by atoms with van der Waals surface area (Å²) in [5.41, 5.74) is 6.06. The van der Waals surface area contributed by atoms with Crippen molar-refractivity contribution in [1.82, 2.24) is 4.57 Å². The summed E-state index contributed by atoms with van der Waals surface area (Å²) in [6.07, 6.45) is 0.164. The molecule has 0 atom stereocenters. The number of fused-ring (bicyclic) bond motifs is 1. The zero-order chi connectivity index (χ0) is 13.4. The Hall–Kier alpha value is -1.77. The number of aryl methyl sites for hydroxylation is 4. The van der Waals surface area contributed by atoms with E-state index in [9.17, 15) is 4.79 Å². The lowest BCUT2D eigenvalue weighted by Crippen LogP contribution is -2.06. The average Bonchev–Trinajstić information content (AvgIpc) is 2.49. The average molecular weight is 245 g/mol. The maximum absolute atomic E-state index is 10.7. The molecular weight excluding hydrogens is 226 g/mol. The fourth-order valence-electron chi connectivity index (χ4n) is 2.71. The van der Waals surface area contributed by atoms with Gasteiger partial charge in [0.1, 0.15) is 0 Å². The van der Waals surface area contributed by atoms with Crippen LogP contribution in [0.5, 0.6) is 0 Å². The second-order valence-corrected chi connectivity index (χ2v) is 4.98. The fraction of sp³-hybridized carbons (Fsp3) is 0.400. The predicted molar refractivity (Wildman–Crippen MR) is 73.1 cm³/mol. The largest absolute Gasteiger partial charge is 0.481 e. The molecular formula is C15H19NO2. The van der Waals surface area contributed by atoms with E-state index in [1.54, 1.807) is 0 Å². The number of benzene rings is 1. The highest BCUT2D eigenvalue weighted by Crippen LogP contribution is 2.29. The maximum Gasteiger partial charge on any atom is 0.305 e. The molecule has 2 aromatic rings. The highest BCUT2D eigenvalue weighted by atomic mass is 16.4. The lowest BCUT2D eigenvalue weighted by molar-refractivity contribution is -0.137. The Morgan fingerprint density at radius 2 is 1.89 bits per heavy atom. The van der Waals surface area contributed by atoms with E-state index in [-0.39, 0.29) is 6.42 Å². The predicted octanol–water partition coefficient (Wildman–Crippen LogP) is 3.35. The first-order valence-electron chi connectivity index (χ1n) is 6.20. The first-order chi connectivity index (χ1) is 8.41. The monoisotopic (exact) mass is 245 g/mol. The Bertz CT molecular complexity index is 623. The van der Waals surface area contributed by atoms with E-state index in [4.69, 9.17) is 5.11 Å². The van der Waals surface area contributed by atoms with Gasteiger partial charge in [-0.2, -0.15) is 0 Å². The van der Waals surface area contributed by atoms with Crippen LogP contribution in [0.2, 0.25) is 0 Å². The molecule has 1 aromatic heterocycles. The van der Waals surface area contributed by atoms with Gasteiger partial charge in [-0.3, -0.25) is 4.79 Å². The normalized spacial score (nSPS) is 11.1. The lowest BCUT2D eigenvalue weighted by atomic mass is 10.0. The van der Waals surface area contributed by atoms with Crippen LogP contribution >= 0.6 is 0 Å². The van der Waals surface area contributed by atoms with Gasteiger partial charge in [0.2, 0.25) is 0 Å². The first kappa shape index (κ1) is 12.7. The van der Waals surface area contributed by atoms with Crippen LogP contribution < -0.4 is 0 Å². The summed E-state index contributed by atoms with van der Waals surface area (Å²) in [7, 11) is 0. The molecule has 1 N–H and O–H groups in total. The second-order valence-electron chi connectivity index (χ2n) is 4.98. The Balaban J connectivity index is 2.65. The molecule has 96 valence electrons. The van der Waals surface area contributed by atoms with Gasteiger partial charge in [0.05, 0.1) is 6.42 Å². The van der Waals surface area contributed by atoms with E-state index in [2.05, 4.69) is 44.4 Å². The Morgan fingerprint density at radius 3 is 2.50 bits per heavy atom. The minimum atomic E-state index is -0.752. The quantitative estimate of drug-likeness (QED) is 0.901. The molecule has 0 fully saturated rings. The second kappa shape index (κ2) is 4.48. The van der Waals surface area contributed by atoms with Crippen LogP contribution in [0.15, 0.2) is 12.1 Å². The number of rotatable bonds is 3. The Labute approximate surface area is 107 Å². The third kappa shape index (κ3) is 2.01. The summed E-state index contributed by atoms with van der Waals surface area (Å²) >= 11 is 0. The number of aliphatic carboxylic acids is 1. The van der Waals surface area contributed by atoms with Gasteiger partial charge in [-0.1, -0.05) is 6.07 Å². The summed E-state index contributed by atoms with van der Waals surface area (Å²) in [6, 6.07) is 4.32. The van der Waals surface area contributed by atoms with Crippen molar-refractivity contribution < 1.29 is 9.90 Å². The smallest absolute Gasteiger partial charge is 0.305 e. The van der Waals surface area contributed by atoms with E-state index in [0.717, 1.165) is 5.52 Å². The molecule has 3 heteroatoms. The van der Waals surface area contributed by atoms with Gasteiger partial charge in [0.15, 0.2) is 0 Å². The van der Waals surface area contributed by atoms with Crippen molar-refractivity contribution in [3.8, 4) is 0 Å². The van der Waals surface area contributed by atoms with Gasteiger partial charge in [-0.25, -0.2) is 0 Å². The highest BCUT2D eigenvalue weighted by molar-refractivity contribution is 5.89. The molecule has 0 amide bonds. The molecule has 0 saturated heterocycles. The van der Waals surface area contributed by atoms with Crippen molar-refractivity contribution in [2.75, 3.05) is 0 Å². The van der Waals surface area contributed by atoms with Crippen LogP contribution in [-0.4, -0.2) is 15.6 Å². The van der Waals surface area contributed by atoms with Crippen molar-refractivity contribution in [2.24, 2.45) is 0 Å². The zero-order valence-electron chi connectivity index (χ0n) is 11.4. The minimum absolute atomic E-state index is 0.164. The molecule has 0 unspecified atom stereocenters. The molecule has 0 saturated carbocycles. The van der Waals surface area contributed by atoms with Crippen LogP contribution in [0.3, 0.4) is 0 Å². The summed E-state index contributed by atoms with van der Waals surface area (Å²) in [4.78, 5) is 10.7. The summed E-state index contributed by atoms with van der Waals surface area (Å²) < 4.78 is 2.12. The third-order valence-electron chi connectivity index (χ3n) is 3.62. The number of nitrogens with zero attached hydrogens (tertiary/aromatic N) is 1.